The van der Waals surface area contributed by atoms with Crippen molar-refractivity contribution in [1.82, 2.24) is 0 Å². The molecule has 0 aromatic heterocycles. The third-order valence-electron chi connectivity index (χ3n) is 2.01. The van der Waals surface area contributed by atoms with E-state index < -0.39 is 0 Å². The molecule has 0 saturated carbocycles. The van der Waals surface area contributed by atoms with Crippen LogP contribution < -0.4 is 15.8 Å². The molecule has 4 heteroatoms. The number of hydrogen-bond acceptors (Lipinski definition) is 3. The van der Waals surface area contributed by atoms with E-state index in [1.54, 1.807) is 6.07 Å². The summed E-state index contributed by atoms with van der Waals surface area (Å²) >= 11 is 0. The highest BCUT2D eigenvalue weighted by molar-refractivity contribution is 5.97. The number of rotatable bonds is 0. The Morgan fingerprint density at radius 3 is 3.08 bits per heavy atom. The van der Waals surface area contributed by atoms with Crippen LogP contribution >= 0.6 is 0 Å². The third-order valence-corrected chi connectivity index (χ3v) is 2.01. The average molecular weight is 178 g/mol. The fourth-order valence-corrected chi connectivity index (χ4v) is 1.32. The molecule has 1 amide bonds. The molecule has 2 rings (SSSR count). The van der Waals surface area contributed by atoms with E-state index in [9.17, 15) is 4.79 Å². The number of carbonyl (C=O) groups is 1. The van der Waals surface area contributed by atoms with Gasteiger partial charge in [0, 0.05) is 0 Å². The first kappa shape index (κ1) is 7.91. The van der Waals surface area contributed by atoms with Crippen LogP contribution in [-0.2, 0) is 4.79 Å². The van der Waals surface area contributed by atoms with Gasteiger partial charge in [-0.15, -0.1) is 0 Å². The molecule has 0 spiro atoms. The van der Waals surface area contributed by atoms with Gasteiger partial charge in [0.2, 0.25) is 0 Å². The van der Waals surface area contributed by atoms with Crippen molar-refractivity contribution in [1.29, 1.82) is 0 Å². The SMILES string of the molecule is Cc1ccc(N)c2c1NC(=O)CO2. The third kappa shape index (κ3) is 1.20. The number of carbonyl (C=O) groups excluding carboxylic acids is 1. The average Bonchev–Trinajstić information content (AvgIpc) is 2.12. The van der Waals surface area contributed by atoms with Crippen LogP contribution in [0.1, 0.15) is 5.56 Å². The lowest BCUT2D eigenvalue weighted by atomic mass is 10.1. The van der Waals surface area contributed by atoms with Crippen LogP contribution in [0.2, 0.25) is 0 Å². The van der Waals surface area contributed by atoms with Crippen LogP contribution in [-0.4, -0.2) is 12.5 Å². The van der Waals surface area contributed by atoms with Crippen molar-refractivity contribution in [2.24, 2.45) is 0 Å². The summed E-state index contributed by atoms with van der Waals surface area (Å²) in [4.78, 5) is 11.0. The molecule has 1 aromatic rings. The smallest absolute Gasteiger partial charge is 0.262 e. The summed E-state index contributed by atoms with van der Waals surface area (Å²) in [5.74, 6) is 0.445. The molecule has 1 aromatic carbocycles. The van der Waals surface area contributed by atoms with Gasteiger partial charge in [0.05, 0.1) is 11.4 Å². The number of fused-ring (bicyclic) bond motifs is 1. The molecule has 0 radical (unpaired) electrons. The van der Waals surface area contributed by atoms with Crippen molar-refractivity contribution in [3.05, 3.63) is 17.7 Å². The second-order valence-electron chi connectivity index (χ2n) is 3.01. The van der Waals surface area contributed by atoms with Gasteiger partial charge in [0.25, 0.3) is 5.91 Å². The summed E-state index contributed by atoms with van der Waals surface area (Å²) < 4.78 is 5.21. The molecule has 13 heavy (non-hydrogen) atoms. The highest BCUT2D eigenvalue weighted by atomic mass is 16.5. The first-order valence-electron chi connectivity index (χ1n) is 4.00. The number of benzene rings is 1. The molecule has 0 unspecified atom stereocenters. The molecule has 0 aliphatic carbocycles. The van der Waals surface area contributed by atoms with Crippen molar-refractivity contribution in [2.75, 3.05) is 17.7 Å². The Labute approximate surface area is 75.7 Å². The number of anilines is 2. The van der Waals surface area contributed by atoms with Crippen molar-refractivity contribution in [3.8, 4) is 5.75 Å². The highest BCUT2D eigenvalue weighted by Crippen LogP contribution is 2.36. The Hall–Kier alpha value is -1.71. The fraction of sp³-hybridized carbons (Fsp3) is 0.222. The molecule has 0 bridgehead atoms. The van der Waals surface area contributed by atoms with Crippen molar-refractivity contribution >= 4 is 17.3 Å². The summed E-state index contributed by atoms with van der Waals surface area (Å²) in [6.07, 6.45) is 0. The minimum absolute atomic E-state index is 0.0423. The maximum Gasteiger partial charge on any atom is 0.262 e. The molecule has 0 atom stereocenters. The van der Waals surface area contributed by atoms with E-state index in [2.05, 4.69) is 5.32 Å². The van der Waals surface area contributed by atoms with Gasteiger partial charge >= 0.3 is 0 Å². The lowest BCUT2D eigenvalue weighted by Gasteiger charge is -2.20. The van der Waals surface area contributed by atoms with Crippen molar-refractivity contribution in [2.45, 2.75) is 6.92 Å². The minimum atomic E-state index is -0.138. The van der Waals surface area contributed by atoms with Crippen molar-refractivity contribution in [3.63, 3.8) is 0 Å². The number of aryl methyl sites for hydroxylation is 1. The first-order chi connectivity index (χ1) is 6.18. The Balaban J connectivity index is 2.57. The van der Waals surface area contributed by atoms with Gasteiger partial charge in [-0.2, -0.15) is 0 Å². The Morgan fingerprint density at radius 2 is 2.31 bits per heavy atom. The van der Waals surface area contributed by atoms with Gasteiger partial charge in [-0.1, -0.05) is 6.07 Å². The van der Waals surface area contributed by atoms with Gasteiger partial charge < -0.3 is 15.8 Å². The predicted molar refractivity (Wildman–Crippen MR) is 49.7 cm³/mol. The molecule has 68 valence electrons. The zero-order chi connectivity index (χ0) is 9.42. The number of nitrogens with two attached hydrogens (primary N) is 1. The Morgan fingerprint density at radius 1 is 1.54 bits per heavy atom. The van der Waals surface area contributed by atoms with Gasteiger partial charge in [0.15, 0.2) is 12.4 Å². The van der Waals surface area contributed by atoms with E-state index in [4.69, 9.17) is 10.5 Å². The van der Waals surface area contributed by atoms with Crippen LogP contribution in [0.15, 0.2) is 12.1 Å². The van der Waals surface area contributed by atoms with Gasteiger partial charge in [-0.25, -0.2) is 0 Å². The Kier molecular flexibility index (Phi) is 1.62. The van der Waals surface area contributed by atoms with E-state index in [0.29, 0.717) is 17.1 Å². The molecular weight excluding hydrogens is 168 g/mol. The summed E-state index contributed by atoms with van der Waals surface area (Å²) in [6.45, 7) is 1.94. The van der Waals surface area contributed by atoms with Gasteiger partial charge in [0.1, 0.15) is 0 Å². The molecule has 1 aliphatic heterocycles. The summed E-state index contributed by atoms with van der Waals surface area (Å²) in [5.41, 5.74) is 7.88. The standard InChI is InChI=1S/C9H10N2O2/c1-5-2-3-6(10)9-8(5)11-7(12)4-13-9/h2-3H,4,10H2,1H3,(H,11,12). The van der Waals surface area contributed by atoms with Gasteiger partial charge in [-0.3, -0.25) is 4.79 Å². The van der Waals surface area contributed by atoms with E-state index >= 15 is 0 Å². The van der Waals surface area contributed by atoms with E-state index in [1.165, 1.54) is 0 Å². The zero-order valence-electron chi connectivity index (χ0n) is 7.26. The van der Waals surface area contributed by atoms with Crippen molar-refractivity contribution < 1.29 is 9.53 Å². The molecule has 1 heterocycles. The lowest BCUT2D eigenvalue weighted by Crippen LogP contribution is -2.26. The summed E-state index contributed by atoms with van der Waals surface area (Å²) in [7, 11) is 0. The molecule has 0 saturated heterocycles. The summed E-state index contributed by atoms with van der Waals surface area (Å²) in [6, 6.07) is 3.62. The van der Waals surface area contributed by atoms with Crippen LogP contribution in [0.3, 0.4) is 0 Å². The quantitative estimate of drug-likeness (QED) is 0.580. The number of hydrogen-bond donors (Lipinski definition) is 2. The van der Waals surface area contributed by atoms with Gasteiger partial charge in [-0.05, 0) is 18.6 Å². The topological polar surface area (TPSA) is 64.3 Å². The number of nitrogens with one attached hydrogen (secondary N) is 1. The van der Waals surface area contributed by atoms with Crippen LogP contribution in [0.25, 0.3) is 0 Å². The normalized spacial score (nSPS) is 14.4. The predicted octanol–water partition coefficient (Wildman–Crippen LogP) is 0.908. The number of amides is 1. The first-order valence-corrected chi connectivity index (χ1v) is 4.00. The van der Waals surface area contributed by atoms with Crippen LogP contribution in [0.4, 0.5) is 11.4 Å². The van der Waals surface area contributed by atoms with E-state index in [0.717, 1.165) is 5.56 Å². The molecule has 3 N–H and O–H groups in total. The Bertz CT molecular complexity index is 374. The second kappa shape index (κ2) is 2.65. The summed E-state index contributed by atoms with van der Waals surface area (Å²) in [5, 5.41) is 2.73. The minimum Gasteiger partial charge on any atom is -0.479 e. The number of nitrogen functional groups attached to an aromatic ring is 1. The zero-order valence-corrected chi connectivity index (χ0v) is 7.26. The molecule has 0 fully saturated rings. The number of ether oxygens (including phenoxy) is 1. The highest BCUT2D eigenvalue weighted by Gasteiger charge is 2.19. The second-order valence-corrected chi connectivity index (χ2v) is 3.01. The lowest BCUT2D eigenvalue weighted by molar-refractivity contribution is -0.118. The van der Waals surface area contributed by atoms with Crippen LogP contribution in [0.5, 0.6) is 5.75 Å². The van der Waals surface area contributed by atoms with E-state index in [1.807, 2.05) is 13.0 Å². The maximum absolute atomic E-state index is 11.0. The molecule has 4 nitrogen and oxygen atoms in total. The largest absolute Gasteiger partial charge is 0.479 e. The monoisotopic (exact) mass is 178 g/mol. The van der Waals surface area contributed by atoms with Crippen LogP contribution in [0, 0.1) is 6.92 Å². The van der Waals surface area contributed by atoms with E-state index in [-0.39, 0.29) is 12.5 Å². The maximum atomic E-state index is 11.0. The molecular formula is C9H10N2O2. The molecule has 1 aliphatic rings. The fourth-order valence-electron chi connectivity index (χ4n) is 1.32.